The SMILES string of the molecule is CCCn1nc(C)c(N)c1N1CCN2CCCC2C1. The molecule has 1 aromatic rings. The summed E-state index contributed by atoms with van der Waals surface area (Å²) in [6.45, 7) is 9.79. The predicted molar refractivity (Wildman–Crippen MR) is 78.5 cm³/mol. The van der Waals surface area contributed by atoms with Gasteiger partial charge in [-0.05, 0) is 32.7 Å². The Morgan fingerprint density at radius 1 is 1.32 bits per heavy atom. The number of anilines is 2. The smallest absolute Gasteiger partial charge is 0.150 e. The number of aromatic nitrogens is 2. The lowest BCUT2D eigenvalue weighted by Crippen LogP contribution is -2.50. The van der Waals surface area contributed by atoms with Gasteiger partial charge in [-0.1, -0.05) is 6.92 Å². The number of nitrogens with two attached hydrogens (primary N) is 1. The Labute approximate surface area is 115 Å². The van der Waals surface area contributed by atoms with Crippen LogP contribution < -0.4 is 10.6 Å². The van der Waals surface area contributed by atoms with E-state index >= 15 is 0 Å². The third-order valence-corrected chi connectivity index (χ3v) is 4.47. The highest BCUT2D eigenvalue weighted by Crippen LogP contribution is 2.31. The van der Waals surface area contributed by atoms with Gasteiger partial charge in [0.15, 0.2) is 5.82 Å². The summed E-state index contributed by atoms with van der Waals surface area (Å²) < 4.78 is 2.11. The number of aryl methyl sites for hydroxylation is 2. The molecule has 0 amide bonds. The number of nitrogens with zero attached hydrogens (tertiary/aromatic N) is 4. The summed E-state index contributed by atoms with van der Waals surface area (Å²) in [5.74, 6) is 1.16. The first-order chi connectivity index (χ1) is 9.20. The molecule has 2 saturated heterocycles. The minimum Gasteiger partial charge on any atom is -0.394 e. The molecule has 2 aliphatic heterocycles. The van der Waals surface area contributed by atoms with Gasteiger partial charge < -0.3 is 10.6 Å². The molecule has 5 heteroatoms. The molecular weight excluding hydrogens is 238 g/mol. The Morgan fingerprint density at radius 3 is 2.95 bits per heavy atom. The molecule has 3 heterocycles. The molecule has 1 unspecified atom stereocenters. The molecule has 1 aromatic heterocycles. The van der Waals surface area contributed by atoms with E-state index in [1.165, 1.54) is 25.9 Å². The van der Waals surface area contributed by atoms with E-state index in [9.17, 15) is 0 Å². The van der Waals surface area contributed by atoms with Crippen LogP contribution in [0.15, 0.2) is 0 Å². The molecular formula is C14H25N5. The van der Waals surface area contributed by atoms with Crippen LogP contribution in [0.5, 0.6) is 0 Å². The summed E-state index contributed by atoms with van der Waals surface area (Å²) in [4.78, 5) is 5.08. The zero-order valence-corrected chi connectivity index (χ0v) is 12.1. The number of fused-ring (bicyclic) bond motifs is 1. The lowest BCUT2D eigenvalue weighted by atomic mass is 10.1. The largest absolute Gasteiger partial charge is 0.394 e. The molecule has 0 saturated carbocycles. The van der Waals surface area contributed by atoms with Crippen molar-refractivity contribution < 1.29 is 0 Å². The fourth-order valence-electron chi connectivity index (χ4n) is 3.47. The highest BCUT2D eigenvalue weighted by molar-refractivity contribution is 5.66. The van der Waals surface area contributed by atoms with Crippen LogP contribution in [0, 0.1) is 6.92 Å². The second kappa shape index (κ2) is 5.04. The molecule has 0 bridgehead atoms. The highest BCUT2D eigenvalue weighted by Gasteiger charge is 2.32. The maximum atomic E-state index is 6.26. The maximum Gasteiger partial charge on any atom is 0.150 e. The van der Waals surface area contributed by atoms with Crippen LogP contribution in [0.2, 0.25) is 0 Å². The van der Waals surface area contributed by atoms with Gasteiger partial charge in [0.2, 0.25) is 0 Å². The van der Waals surface area contributed by atoms with Gasteiger partial charge >= 0.3 is 0 Å². The number of nitrogen functional groups attached to an aromatic ring is 1. The van der Waals surface area contributed by atoms with E-state index in [-0.39, 0.29) is 0 Å². The van der Waals surface area contributed by atoms with E-state index in [1.54, 1.807) is 0 Å². The Balaban J connectivity index is 1.85. The van der Waals surface area contributed by atoms with Gasteiger partial charge in [0.25, 0.3) is 0 Å². The fraction of sp³-hybridized carbons (Fsp3) is 0.786. The summed E-state index contributed by atoms with van der Waals surface area (Å²) in [6.07, 6.45) is 3.77. The summed E-state index contributed by atoms with van der Waals surface area (Å²) in [6, 6.07) is 0.721. The van der Waals surface area contributed by atoms with Crippen molar-refractivity contribution in [3.63, 3.8) is 0 Å². The van der Waals surface area contributed by atoms with Crippen molar-refractivity contribution >= 4 is 11.5 Å². The zero-order valence-electron chi connectivity index (χ0n) is 12.1. The normalized spacial score (nSPS) is 23.9. The van der Waals surface area contributed by atoms with Crippen molar-refractivity contribution in [2.24, 2.45) is 0 Å². The van der Waals surface area contributed by atoms with Crippen LogP contribution in [0.4, 0.5) is 11.5 Å². The van der Waals surface area contributed by atoms with Crippen molar-refractivity contribution in [1.29, 1.82) is 0 Å². The minimum absolute atomic E-state index is 0.721. The molecule has 0 radical (unpaired) electrons. The number of rotatable bonds is 3. The average molecular weight is 263 g/mol. The van der Waals surface area contributed by atoms with Gasteiger partial charge in [-0.2, -0.15) is 5.10 Å². The minimum atomic E-state index is 0.721. The van der Waals surface area contributed by atoms with Crippen LogP contribution in [-0.4, -0.2) is 46.9 Å². The molecule has 106 valence electrons. The van der Waals surface area contributed by atoms with E-state index < -0.39 is 0 Å². The summed E-state index contributed by atoms with van der Waals surface area (Å²) in [5.41, 5.74) is 8.11. The van der Waals surface area contributed by atoms with Crippen LogP contribution in [0.25, 0.3) is 0 Å². The highest BCUT2D eigenvalue weighted by atomic mass is 15.4. The molecule has 0 aromatic carbocycles. The molecule has 19 heavy (non-hydrogen) atoms. The molecule has 0 aliphatic carbocycles. The monoisotopic (exact) mass is 263 g/mol. The Bertz CT molecular complexity index is 453. The van der Waals surface area contributed by atoms with Crippen molar-refractivity contribution in [1.82, 2.24) is 14.7 Å². The van der Waals surface area contributed by atoms with Crippen LogP contribution in [-0.2, 0) is 6.54 Å². The van der Waals surface area contributed by atoms with Crippen molar-refractivity contribution in [2.75, 3.05) is 36.8 Å². The van der Waals surface area contributed by atoms with Gasteiger partial charge in [0.05, 0.1) is 11.4 Å². The second-order valence-electron chi connectivity index (χ2n) is 5.82. The second-order valence-corrected chi connectivity index (χ2v) is 5.82. The molecule has 5 nitrogen and oxygen atoms in total. The third kappa shape index (κ3) is 2.20. The Morgan fingerprint density at radius 2 is 2.16 bits per heavy atom. The van der Waals surface area contributed by atoms with E-state index in [0.29, 0.717) is 0 Å². The lowest BCUT2D eigenvalue weighted by Gasteiger charge is -2.38. The third-order valence-electron chi connectivity index (χ3n) is 4.47. The van der Waals surface area contributed by atoms with E-state index in [2.05, 4.69) is 26.5 Å². The standard InChI is InChI=1S/C14H25N5/c1-3-6-19-14(13(15)11(2)16-19)18-9-8-17-7-4-5-12(17)10-18/h12H,3-10,15H2,1-2H3. The van der Waals surface area contributed by atoms with E-state index in [1.807, 2.05) is 6.92 Å². The van der Waals surface area contributed by atoms with Crippen molar-refractivity contribution in [3.05, 3.63) is 5.69 Å². The van der Waals surface area contributed by atoms with Crippen LogP contribution in [0.3, 0.4) is 0 Å². The molecule has 2 N–H and O–H groups in total. The van der Waals surface area contributed by atoms with Gasteiger partial charge in [0.1, 0.15) is 0 Å². The maximum absolute atomic E-state index is 6.26. The van der Waals surface area contributed by atoms with Crippen molar-refractivity contribution in [3.8, 4) is 0 Å². The van der Waals surface area contributed by atoms with E-state index in [0.717, 1.165) is 49.3 Å². The van der Waals surface area contributed by atoms with Crippen molar-refractivity contribution in [2.45, 2.75) is 45.7 Å². The summed E-state index contributed by atoms with van der Waals surface area (Å²) in [7, 11) is 0. The van der Waals surface area contributed by atoms with Gasteiger partial charge in [-0.3, -0.25) is 4.90 Å². The fourth-order valence-corrected chi connectivity index (χ4v) is 3.47. The Kier molecular flexibility index (Phi) is 3.39. The zero-order chi connectivity index (χ0) is 13.4. The molecule has 1 atom stereocenters. The first kappa shape index (κ1) is 12.8. The lowest BCUT2D eigenvalue weighted by molar-refractivity contribution is 0.229. The number of hydrogen-bond acceptors (Lipinski definition) is 4. The predicted octanol–water partition coefficient (Wildman–Crippen LogP) is 1.47. The topological polar surface area (TPSA) is 50.3 Å². The molecule has 2 aliphatic rings. The molecule has 3 rings (SSSR count). The number of piperazine rings is 1. The first-order valence-corrected chi connectivity index (χ1v) is 7.52. The first-order valence-electron chi connectivity index (χ1n) is 7.52. The Hall–Kier alpha value is -1.23. The summed E-state index contributed by atoms with van der Waals surface area (Å²) >= 11 is 0. The average Bonchev–Trinajstić information content (AvgIpc) is 2.95. The van der Waals surface area contributed by atoms with E-state index in [4.69, 9.17) is 5.73 Å². The number of hydrogen-bond donors (Lipinski definition) is 1. The van der Waals surface area contributed by atoms with Gasteiger partial charge in [-0.25, -0.2) is 4.68 Å². The van der Waals surface area contributed by atoms with Crippen LogP contribution >= 0.6 is 0 Å². The van der Waals surface area contributed by atoms with Gasteiger partial charge in [0, 0.05) is 32.2 Å². The quantitative estimate of drug-likeness (QED) is 0.897. The molecule has 2 fully saturated rings. The summed E-state index contributed by atoms with van der Waals surface area (Å²) in [5, 5.41) is 4.60. The van der Waals surface area contributed by atoms with Crippen LogP contribution in [0.1, 0.15) is 31.9 Å². The van der Waals surface area contributed by atoms with Gasteiger partial charge in [-0.15, -0.1) is 0 Å². The molecule has 0 spiro atoms.